The standard InChI is InChI=1S/C21H24N4O2/c1-16-14-23-20(18-4-2-9-22-15-18)25(16)12-8-17-6-10-24(11-7-17)21(26)19-5-3-13-27-19/h2-5,9,13-15,17H,6-8,10-12H2,1H3. The van der Waals surface area contributed by atoms with Crippen LogP contribution < -0.4 is 0 Å². The van der Waals surface area contributed by atoms with Gasteiger partial charge >= 0.3 is 0 Å². The zero-order chi connectivity index (χ0) is 18.6. The first-order valence-electron chi connectivity index (χ1n) is 9.47. The highest BCUT2D eigenvalue weighted by molar-refractivity contribution is 5.91. The Labute approximate surface area is 158 Å². The molecule has 0 N–H and O–H groups in total. The highest BCUT2D eigenvalue weighted by Crippen LogP contribution is 2.25. The van der Waals surface area contributed by atoms with Crippen LogP contribution in [0, 0.1) is 12.8 Å². The Morgan fingerprint density at radius 2 is 2.07 bits per heavy atom. The maximum atomic E-state index is 12.4. The Balaban J connectivity index is 1.35. The van der Waals surface area contributed by atoms with E-state index in [4.69, 9.17) is 4.42 Å². The molecule has 4 rings (SSSR count). The van der Waals surface area contributed by atoms with E-state index in [9.17, 15) is 4.79 Å². The minimum absolute atomic E-state index is 0.00256. The highest BCUT2D eigenvalue weighted by atomic mass is 16.3. The molecule has 1 aliphatic rings. The van der Waals surface area contributed by atoms with Crippen molar-refractivity contribution in [3.05, 3.63) is 60.6 Å². The molecule has 0 spiro atoms. The molecule has 3 aromatic rings. The number of furan rings is 1. The van der Waals surface area contributed by atoms with Gasteiger partial charge in [-0.3, -0.25) is 9.78 Å². The zero-order valence-corrected chi connectivity index (χ0v) is 15.5. The summed E-state index contributed by atoms with van der Waals surface area (Å²) >= 11 is 0. The summed E-state index contributed by atoms with van der Waals surface area (Å²) in [6.07, 6.45) is 10.3. The van der Waals surface area contributed by atoms with E-state index in [1.807, 2.05) is 29.4 Å². The highest BCUT2D eigenvalue weighted by Gasteiger charge is 2.25. The van der Waals surface area contributed by atoms with Gasteiger partial charge in [0.2, 0.25) is 0 Å². The van der Waals surface area contributed by atoms with Gasteiger partial charge in [0.1, 0.15) is 5.82 Å². The van der Waals surface area contributed by atoms with Gasteiger partial charge in [0.05, 0.1) is 6.26 Å². The molecule has 1 fully saturated rings. The fourth-order valence-electron chi connectivity index (χ4n) is 3.76. The largest absolute Gasteiger partial charge is 0.459 e. The predicted octanol–water partition coefficient (Wildman–Crippen LogP) is 3.79. The van der Waals surface area contributed by atoms with Gasteiger partial charge < -0.3 is 13.9 Å². The van der Waals surface area contributed by atoms with E-state index >= 15 is 0 Å². The third-order valence-electron chi connectivity index (χ3n) is 5.37. The molecule has 140 valence electrons. The molecular weight excluding hydrogens is 340 g/mol. The van der Waals surface area contributed by atoms with Crippen molar-refractivity contribution >= 4 is 5.91 Å². The van der Waals surface area contributed by atoms with Crippen LogP contribution in [0.15, 0.2) is 53.5 Å². The summed E-state index contributed by atoms with van der Waals surface area (Å²) in [7, 11) is 0. The number of likely N-dealkylation sites (tertiary alicyclic amines) is 1. The summed E-state index contributed by atoms with van der Waals surface area (Å²) in [6, 6.07) is 7.48. The molecule has 1 aliphatic heterocycles. The van der Waals surface area contributed by atoms with Crippen molar-refractivity contribution in [2.24, 2.45) is 5.92 Å². The van der Waals surface area contributed by atoms with E-state index in [2.05, 4.69) is 21.5 Å². The van der Waals surface area contributed by atoms with Gasteiger partial charge in [-0.1, -0.05) is 0 Å². The lowest BCUT2D eigenvalue weighted by molar-refractivity contribution is 0.0653. The second-order valence-electron chi connectivity index (χ2n) is 7.12. The van der Waals surface area contributed by atoms with Crippen molar-refractivity contribution in [2.45, 2.75) is 32.7 Å². The quantitative estimate of drug-likeness (QED) is 0.691. The number of hydrogen-bond acceptors (Lipinski definition) is 4. The van der Waals surface area contributed by atoms with Crippen LogP contribution in [0.3, 0.4) is 0 Å². The van der Waals surface area contributed by atoms with Crippen LogP contribution in [-0.2, 0) is 6.54 Å². The molecule has 0 radical (unpaired) electrons. The Bertz CT molecular complexity index is 878. The summed E-state index contributed by atoms with van der Waals surface area (Å²) in [5.41, 5.74) is 2.21. The van der Waals surface area contributed by atoms with Crippen LogP contribution in [-0.4, -0.2) is 38.4 Å². The van der Waals surface area contributed by atoms with Crippen LogP contribution in [0.2, 0.25) is 0 Å². The maximum Gasteiger partial charge on any atom is 0.289 e. The lowest BCUT2D eigenvalue weighted by Crippen LogP contribution is -2.38. The van der Waals surface area contributed by atoms with Crippen LogP contribution in [0.5, 0.6) is 0 Å². The SMILES string of the molecule is Cc1cnc(-c2cccnc2)n1CCC1CCN(C(=O)c2ccco2)CC1. The van der Waals surface area contributed by atoms with E-state index in [-0.39, 0.29) is 5.91 Å². The molecular formula is C21H24N4O2. The van der Waals surface area contributed by atoms with Crippen molar-refractivity contribution in [1.29, 1.82) is 0 Å². The molecule has 6 nitrogen and oxygen atoms in total. The molecule has 0 bridgehead atoms. The van der Waals surface area contributed by atoms with Gasteiger partial charge in [0.25, 0.3) is 5.91 Å². The first-order chi connectivity index (χ1) is 13.2. The van der Waals surface area contributed by atoms with Gasteiger partial charge in [-0.15, -0.1) is 0 Å². The number of hydrogen-bond donors (Lipinski definition) is 0. The van der Waals surface area contributed by atoms with Crippen molar-refractivity contribution in [3.8, 4) is 11.4 Å². The lowest BCUT2D eigenvalue weighted by Gasteiger charge is -2.31. The average molecular weight is 364 g/mol. The maximum absolute atomic E-state index is 12.4. The minimum atomic E-state index is 0.00256. The summed E-state index contributed by atoms with van der Waals surface area (Å²) in [5.74, 6) is 2.03. The number of amides is 1. The number of piperidine rings is 1. The zero-order valence-electron chi connectivity index (χ0n) is 15.5. The summed E-state index contributed by atoms with van der Waals surface area (Å²) in [4.78, 5) is 23.1. The molecule has 6 heteroatoms. The van der Waals surface area contributed by atoms with Crippen molar-refractivity contribution in [3.63, 3.8) is 0 Å². The number of carbonyl (C=O) groups is 1. The minimum Gasteiger partial charge on any atom is -0.459 e. The molecule has 3 aromatic heterocycles. The van der Waals surface area contributed by atoms with Crippen molar-refractivity contribution in [1.82, 2.24) is 19.4 Å². The second kappa shape index (κ2) is 7.78. The molecule has 1 amide bonds. The number of pyridine rings is 1. The van der Waals surface area contributed by atoms with E-state index in [1.54, 1.807) is 24.6 Å². The predicted molar refractivity (Wildman–Crippen MR) is 102 cm³/mol. The van der Waals surface area contributed by atoms with E-state index < -0.39 is 0 Å². The van der Waals surface area contributed by atoms with Gasteiger partial charge in [-0.25, -0.2) is 4.98 Å². The molecule has 0 aromatic carbocycles. The fourth-order valence-corrected chi connectivity index (χ4v) is 3.76. The van der Waals surface area contributed by atoms with Gasteiger partial charge in [0.15, 0.2) is 5.76 Å². The third kappa shape index (κ3) is 3.79. The Morgan fingerprint density at radius 1 is 1.22 bits per heavy atom. The molecule has 0 atom stereocenters. The molecule has 4 heterocycles. The Morgan fingerprint density at radius 3 is 2.78 bits per heavy atom. The van der Waals surface area contributed by atoms with Crippen LogP contribution in [0.1, 0.15) is 35.5 Å². The lowest BCUT2D eigenvalue weighted by atomic mass is 9.93. The molecule has 0 unspecified atom stereocenters. The van der Waals surface area contributed by atoms with Gasteiger partial charge in [-0.05, 0) is 56.4 Å². The van der Waals surface area contributed by atoms with E-state index in [0.717, 1.165) is 50.3 Å². The van der Waals surface area contributed by atoms with E-state index in [1.165, 1.54) is 5.69 Å². The first kappa shape index (κ1) is 17.5. The number of rotatable bonds is 5. The second-order valence-corrected chi connectivity index (χ2v) is 7.12. The monoisotopic (exact) mass is 364 g/mol. The van der Waals surface area contributed by atoms with Gasteiger partial charge in [0, 0.05) is 49.5 Å². The molecule has 1 saturated heterocycles. The number of aryl methyl sites for hydroxylation is 1. The number of carbonyl (C=O) groups excluding carboxylic acids is 1. The number of imidazole rings is 1. The first-order valence-corrected chi connectivity index (χ1v) is 9.47. The van der Waals surface area contributed by atoms with Crippen molar-refractivity contribution < 1.29 is 9.21 Å². The summed E-state index contributed by atoms with van der Waals surface area (Å²) in [5, 5.41) is 0. The summed E-state index contributed by atoms with van der Waals surface area (Å²) in [6.45, 7) is 4.62. The van der Waals surface area contributed by atoms with E-state index in [0.29, 0.717) is 11.7 Å². The Hall–Kier alpha value is -2.89. The smallest absolute Gasteiger partial charge is 0.289 e. The Kier molecular flexibility index (Phi) is 5.05. The average Bonchev–Trinajstić information content (AvgIpc) is 3.37. The topological polar surface area (TPSA) is 64.2 Å². The van der Waals surface area contributed by atoms with Crippen LogP contribution in [0.4, 0.5) is 0 Å². The van der Waals surface area contributed by atoms with Crippen LogP contribution in [0.25, 0.3) is 11.4 Å². The third-order valence-corrected chi connectivity index (χ3v) is 5.37. The molecule has 0 saturated carbocycles. The number of aromatic nitrogens is 3. The molecule has 27 heavy (non-hydrogen) atoms. The van der Waals surface area contributed by atoms with Crippen molar-refractivity contribution in [2.75, 3.05) is 13.1 Å². The van der Waals surface area contributed by atoms with Gasteiger partial charge in [-0.2, -0.15) is 0 Å². The summed E-state index contributed by atoms with van der Waals surface area (Å²) < 4.78 is 7.51. The fraction of sp³-hybridized carbons (Fsp3) is 0.381. The normalized spacial score (nSPS) is 15.2. The van der Waals surface area contributed by atoms with Crippen LogP contribution >= 0.6 is 0 Å². The number of nitrogens with zero attached hydrogens (tertiary/aromatic N) is 4. The molecule has 0 aliphatic carbocycles.